The van der Waals surface area contributed by atoms with Gasteiger partial charge in [-0.25, -0.2) is 4.39 Å². The Morgan fingerprint density at radius 1 is 1.29 bits per heavy atom. The molecule has 4 heteroatoms. The van der Waals surface area contributed by atoms with Gasteiger partial charge in [-0.1, -0.05) is 6.07 Å². The first kappa shape index (κ1) is 12.0. The highest BCUT2D eigenvalue weighted by Gasteiger charge is 2.01. The van der Waals surface area contributed by atoms with Gasteiger partial charge in [0.2, 0.25) is 0 Å². The summed E-state index contributed by atoms with van der Waals surface area (Å²) >= 11 is 3.11. The van der Waals surface area contributed by atoms with Crippen LogP contribution in [0.15, 0.2) is 41.0 Å². The second-order valence-electron chi connectivity index (χ2n) is 3.67. The van der Waals surface area contributed by atoms with Crippen molar-refractivity contribution in [1.82, 2.24) is 4.98 Å². The maximum absolute atomic E-state index is 13.0. The third-order valence-corrected chi connectivity index (χ3v) is 2.88. The zero-order chi connectivity index (χ0) is 12.3. The number of benzene rings is 1. The fraction of sp³-hybridized carbons (Fsp3) is 0.154. The second-order valence-corrected chi connectivity index (χ2v) is 4.53. The van der Waals surface area contributed by atoms with Gasteiger partial charge in [0.25, 0.3) is 0 Å². The van der Waals surface area contributed by atoms with Crippen LogP contribution in [-0.4, -0.2) is 4.98 Å². The third kappa shape index (κ3) is 3.27. The molecule has 0 aliphatic heterocycles. The highest BCUT2D eigenvalue weighted by molar-refractivity contribution is 9.10. The number of nitrogens with zero attached hydrogens (tertiary/aromatic N) is 1. The van der Waals surface area contributed by atoms with Gasteiger partial charge in [-0.15, -0.1) is 0 Å². The fourth-order valence-corrected chi connectivity index (χ4v) is 1.67. The molecule has 0 N–H and O–H groups in total. The molecular formula is C13H11BrFNO. The Morgan fingerprint density at radius 3 is 2.76 bits per heavy atom. The van der Waals surface area contributed by atoms with E-state index in [2.05, 4.69) is 20.9 Å². The summed E-state index contributed by atoms with van der Waals surface area (Å²) in [6.45, 7) is 2.35. The molecule has 0 saturated heterocycles. The van der Waals surface area contributed by atoms with Crippen LogP contribution in [0.4, 0.5) is 4.39 Å². The topological polar surface area (TPSA) is 22.1 Å². The van der Waals surface area contributed by atoms with Crippen LogP contribution < -0.4 is 4.74 Å². The quantitative estimate of drug-likeness (QED) is 0.857. The molecular weight excluding hydrogens is 285 g/mol. The van der Waals surface area contributed by atoms with E-state index >= 15 is 0 Å². The molecule has 0 amide bonds. The zero-order valence-electron chi connectivity index (χ0n) is 9.28. The predicted octanol–water partition coefficient (Wildman–Crippen LogP) is 3.87. The summed E-state index contributed by atoms with van der Waals surface area (Å²) in [4.78, 5) is 4.17. The Balaban J connectivity index is 2.02. The minimum atomic E-state index is -0.297. The van der Waals surface area contributed by atoms with Gasteiger partial charge in [0, 0.05) is 17.5 Å². The Labute approximate surface area is 108 Å². The SMILES string of the molecule is Cc1ccc(COc2ccc(F)c(Br)c2)cn1. The number of rotatable bonds is 3. The van der Waals surface area contributed by atoms with Crippen LogP contribution in [0.5, 0.6) is 5.75 Å². The number of aryl methyl sites for hydroxylation is 1. The second kappa shape index (κ2) is 5.27. The summed E-state index contributed by atoms with van der Waals surface area (Å²) in [5, 5.41) is 0. The maximum atomic E-state index is 13.0. The summed E-state index contributed by atoms with van der Waals surface area (Å²) in [7, 11) is 0. The molecule has 0 fully saturated rings. The van der Waals surface area contributed by atoms with Crippen molar-refractivity contribution in [3.8, 4) is 5.75 Å². The van der Waals surface area contributed by atoms with E-state index in [9.17, 15) is 4.39 Å². The maximum Gasteiger partial charge on any atom is 0.137 e. The Morgan fingerprint density at radius 2 is 2.12 bits per heavy atom. The molecule has 1 aromatic heterocycles. The van der Waals surface area contributed by atoms with Gasteiger partial charge in [0.1, 0.15) is 18.2 Å². The lowest BCUT2D eigenvalue weighted by molar-refractivity contribution is 0.305. The van der Waals surface area contributed by atoms with Crippen LogP contribution in [-0.2, 0) is 6.61 Å². The minimum Gasteiger partial charge on any atom is -0.489 e. The van der Waals surface area contributed by atoms with E-state index in [1.54, 1.807) is 18.3 Å². The van der Waals surface area contributed by atoms with E-state index in [1.807, 2.05) is 19.1 Å². The van der Waals surface area contributed by atoms with Crippen LogP contribution in [0.1, 0.15) is 11.3 Å². The van der Waals surface area contributed by atoms with Crippen molar-refractivity contribution in [2.75, 3.05) is 0 Å². The first-order valence-corrected chi connectivity index (χ1v) is 5.94. The van der Waals surface area contributed by atoms with Crippen molar-refractivity contribution < 1.29 is 9.13 Å². The molecule has 17 heavy (non-hydrogen) atoms. The van der Waals surface area contributed by atoms with E-state index in [0.29, 0.717) is 16.8 Å². The van der Waals surface area contributed by atoms with Crippen molar-refractivity contribution in [2.24, 2.45) is 0 Å². The van der Waals surface area contributed by atoms with Crippen molar-refractivity contribution in [3.05, 3.63) is 58.1 Å². The van der Waals surface area contributed by atoms with Crippen LogP contribution in [0.25, 0.3) is 0 Å². The minimum absolute atomic E-state index is 0.297. The van der Waals surface area contributed by atoms with Crippen LogP contribution in [0.3, 0.4) is 0 Å². The molecule has 2 aromatic rings. The van der Waals surface area contributed by atoms with E-state index in [0.717, 1.165) is 11.3 Å². The van der Waals surface area contributed by atoms with E-state index in [-0.39, 0.29) is 5.82 Å². The van der Waals surface area contributed by atoms with Crippen LogP contribution in [0, 0.1) is 12.7 Å². The average molecular weight is 296 g/mol. The Bertz CT molecular complexity index is 513. The number of hydrogen-bond donors (Lipinski definition) is 0. The molecule has 0 aliphatic carbocycles. The molecule has 0 saturated carbocycles. The number of halogens is 2. The number of pyridine rings is 1. The zero-order valence-corrected chi connectivity index (χ0v) is 10.9. The normalized spacial score (nSPS) is 10.3. The molecule has 0 spiro atoms. The first-order chi connectivity index (χ1) is 8.15. The fourth-order valence-electron chi connectivity index (χ4n) is 1.32. The standard InChI is InChI=1S/C13H11BrFNO/c1-9-2-3-10(7-16-9)8-17-11-4-5-13(15)12(14)6-11/h2-7H,8H2,1H3. The van der Waals surface area contributed by atoms with Crippen molar-refractivity contribution >= 4 is 15.9 Å². The van der Waals surface area contributed by atoms with Crippen molar-refractivity contribution in [3.63, 3.8) is 0 Å². The van der Waals surface area contributed by atoms with Gasteiger partial charge in [0.05, 0.1) is 4.47 Å². The Kier molecular flexibility index (Phi) is 3.74. The third-order valence-electron chi connectivity index (χ3n) is 2.27. The lowest BCUT2D eigenvalue weighted by atomic mass is 10.2. The first-order valence-electron chi connectivity index (χ1n) is 5.14. The highest BCUT2D eigenvalue weighted by atomic mass is 79.9. The summed E-state index contributed by atoms with van der Waals surface area (Å²) in [5.41, 5.74) is 1.95. The molecule has 0 atom stereocenters. The molecule has 1 aromatic carbocycles. The summed E-state index contributed by atoms with van der Waals surface area (Å²) in [5.74, 6) is 0.327. The van der Waals surface area contributed by atoms with Gasteiger partial charge in [-0.2, -0.15) is 0 Å². The van der Waals surface area contributed by atoms with Crippen LogP contribution >= 0.6 is 15.9 Å². The smallest absolute Gasteiger partial charge is 0.137 e. The Hall–Kier alpha value is -1.42. The highest BCUT2D eigenvalue weighted by Crippen LogP contribution is 2.22. The average Bonchev–Trinajstić information content (AvgIpc) is 2.33. The predicted molar refractivity (Wildman–Crippen MR) is 67.4 cm³/mol. The molecule has 2 rings (SSSR count). The van der Waals surface area contributed by atoms with Gasteiger partial charge < -0.3 is 4.74 Å². The van der Waals surface area contributed by atoms with Crippen molar-refractivity contribution in [2.45, 2.75) is 13.5 Å². The number of ether oxygens (including phenoxy) is 1. The van der Waals surface area contributed by atoms with Crippen molar-refractivity contribution in [1.29, 1.82) is 0 Å². The van der Waals surface area contributed by atoms with E-state index in [1.165, 1.54) is 6.07 Å². The van der Waals surface area contributed by atoms with Gasteiger partial charge in [0.15, 0.2) is 0 Å². The summed E-state index contributed by atoms with van der Waals surface area (Å²) in [6, 6.07) is 8.46. The van der Waals surface area contributed by atoms with Crippen LogP contribution in [0.2, 0.25) is 0 Å². The summed E-state index contributed by atoms with van der Waals surface area (Å²) in [6.07, 6.45) is 1.77. The number of hydrogen-bond acceptors (Lipinski definition) is 2. The monoisotopic (exact) mass is 295 g/mol. The molecule has 88 valence electrons. The molecule has 0 aliphatic rings. The number of aromatic nitrogens is 1. The largest absolute Gasteiger partial charge is 0.489 e. The van der Waals surface area contributed by atoms with Gasteiger partial charge in [-0.05, 0) is 47.1 Å². The molecule has 1 heterocycles. The molecule has 0 unspecified atom stereocenters. The van der Waals surface area contributed by atoms with E-state index < -0.39 is 0 Å². The van der Waals surface area contributed by atoms with Gasteiger partial charge >= 0.3 is 0 Å². The van der Waals surface area contributed by atoms with E-state index in [4.69, 9.17) is 4.74 Å². The lowest BCUT2D eigenvalue weighted by Crippen LogP contribution is -1.96. The summed E-state index contributed by atoms with van der Waals surface area (Å²) < 4.78 is 18.9. The lowest BCUT2D eigenvalue weighted by Gasteiger charge is -2.06. The molecule has 2 nitrogen and oxygen atoms in total. The van der Waals surface area contributed by atoms with Gasteiger partial charge in [-0.3, -0.25) is 4.98 Å². The molecule has 0 radical (unpaired) electrons. The molecule has 0 bridgehead atoms.